The summed E-state index contributed by atoms with van der Waals surface area (Å²) in [5.74, 6) is -0.516. The molecule has 0 aliphatic heterocycles. The van der Waals surface area contributed by atoms with E-state index in [4.69, 9.17) is 5.21 Å². The summed E-state index contributed by atoms with van der Waals surface area (Å²) in [7, 11) is 0. The maximum atomic E-state index is 12.5. The third-order valence-corrected chi connectivity index (χ3v) is 1.42. The summed E-state index contributed by atoms with van der Waals surface area (Å²) in [4.78, 5) is 3.40. The second-order valence-corrected chi connectivity index (χ2v) is 2.50. The van der Waals surface area contributed by atoms with Crippen LogP contribution in [0.25, 0.3) is 0 Å². The zero-order chi connectivity index (χ0) is 8.97. The van der Waals surface area contributed by atoms with Crippen LogP contribution in [0.2, 0.25) is 0 Å². The topological polar surface area (TPSA) is 45.5 Å². The van der Waals surface area contributed by atoms with Crippen molar-refractivity contribution in [1.82, 2.24) is 4.98 Å². The van der Waals surface area contributed by atoms with Crippen molar-refractivity contribution in [2.24, 2.45) is 5.16 Å². The van der Waals surface area contributed by atoms with Crippen LogP contribution in [0.1, 0.15) is 12.5 Å². The maximum absolute atomic E-state index is 12.5. The predicted octanol–water partition coefficient (Wildman–Crippen LogP) is 1.61. The lowest BCUT2D eigenvalue weighted by atomic mass is 10.1. The average Bonchev–Trinajstić information content (AvgIpc) is 2.04. The van der Waals surface area contributed by atoms with E-state index >= 15 is 0 Å². The monoisotopic (exact) mass is 168 g/mol. The van der Waals surface area contributed by atoms with Gasteiger partial charge >= 0.3 is 0 Å². The molecule has 0 bridgehead atoms. The van der Waals surface area contributed by atoms with E-state index in [-0.39, 0.29) is 0 Å². The van der Waals surface area contributed by atoms with Crippen LogP contribution >= 0.6 is 0 Å². The fraction of sp³-hybridized carbons (Fsp3) is 0.250. The van der Waals surface area contributed by atoms with Gasteiger partial charge in [0.1, 0.15) is 0 Å². The van der Waals surface area contributed by atoms with E-state index in [0.717, 1.165) is 5.56 Å². The number of rotatable bonds is 2. The van der Waals surface area contributed by atoms with E-state index in [1.807, 2.05) is 0 Å². The van der Waals surface area contributed by atoms with Crippen molar-refractivity contribution in [2.45, 2.75) is 13.3 Å². The molecule has 0 aliphatic rings. The Morgan fingerprint density at radius 1 is 1.75 bits per heavy atom. The van der Waals surface area contributed by atoms with Gasteiger partial charge in [-0.05, 0) is 24.6 Å². The lowest BCUT2D eigenvalue weighted by molar-refractivity contribution is 0.317. The van der Waals surface area contributed by atoms with Gasteiger partial charge in [-0.3, -0.25) is 0 Å². The first-order valence-electron chi connectivity index (χ1n) is 3.50. The van der Waals surface area contributed by atoms with Crippen LogP contribution in [0.4, 0.5) is 4.39 Å². The van der Waals surface area contributed by atoms with Gasteiger partial charge in [0.15, 0.2) is 0 Å². The molecule has 1 rings (SSSR count). The molecule has 0 aliphatic carbocycles. The van der Waals surface area contributed by atoms with Crippen molar-refractivity contribution in [3.05, 3.63) is 29.8 Å². The predicted molar refractivity (Wildman–Crippen MR) is 42.8 cm³/mol. The fourth-order valence-electron chi connectivity index (χ4n) is 0.883. The highest BCUT2D eigenvalue weighted by atomic mass is 19.1. The molecule has 1 heterocycles. The molecule has 0 radical (unpaired) electrons. The molecule has 12 heavy (non-hydrogen) atoms. The van der Waals surface area contributed by atoms with Crippen molar-refractivity contribution in [3.63, 3.8) is 0 Å². The van der Waals surface area contributed by atoms with E-state index < -0.39 is 5.95 Å². The third-order valence-electron chi connectivity index (χ3n) is 1.42. The number of nitrogens with zero attached hydrogens (tertiary/aromatic N) is 2. The molecular formula is C8H9FN2O. The lowest BCUT2D eigenvalue weighted by Crippen LogP contribution is -1.98. The second-order valence-electron chi connectivity index (χ2n) is 2.50. The van der Waals surface area contributed by atoms with Crippen LogP contribution in [0, 0.1) is 5.95 Å². The smallest absolute Gasteiger partial charge is 0.213 e. The van der Waals surface area contributed by atoms with Gasteiger partial charge in [-0.25, -0.2) is 4.98 Å². The molecule has 0 saturated heterocycles. The Hall–Kier alpha value is -1.45. The molecule has 0 fully saturated rings. The normalized spacial score (nSPS) is 11.7. The van der Waals surface area contributed by atoms with E-state index in [1.165, 1.54) is 12.3 Å². The largest absolute Gasteiger partial charge is 0.411 e. The highest BCUT2D eigenvalue weighted by Gasteiger charge is 1.98. The van der Waals surface area contributed by atoms with Crippen LogP contribution in [0.15, 0.2) is 23.5 Å². The van der Waals surface area contributed by atoms with Crippen molar-refractivity contribution < 1.29 is 9.60 Å². The summed E-state index contributed by atoms with van der Waals surface area (Å²) in [5.41, 5.74) is 1.29. The highest BCUT2D eigenvalue weighted by molar-refractivity contribution is 5.83. The third kappa shape index (κ3) is 2.30. The molecule has 0 amide bonds. The van der Waals surface area contributed by atoms with E-state index in [2.05, 4.69) is 10.1 Å². The lowest BCUT2D eigenvalue weighted by Gasteiger charge is -1.97. The van der Waals surface area contributed by atoms with Gasteiger partial charge in [-0.2, -0.15) is 4.39 Å². The Kier molecular flexibility index (Phi) is 2.74. The molecule has 3 nitrogen and oxygen atoms in total. The molecule has 1 aromatic rings. The number of oxime groups is 1. The molecule has 1 N–H and O–H groups in total. The zero-order valence-electron chi connectivity index (χ0n) is 6.66. The van der Waals surface area contributed by atoms with Crippen molar-refractivity contribution in [2.75, 3.05) is 0 Å². The van der Waals surface area contributed by atoms with Gasteiger partial charge < -0.3 is 5.21 Å². The van der Waals surface area contributed by atoms with Gasteiger partial charge in [-0.15, -0.1) is 0 Å². The van der Waals surface area contributed by atoms with Crippen molar-refractivity contribution in [3.8, 4) is 0 Å². The number of hydrogen-bond donors (Lipinski definition) is 1. The Balaban J connectivity index is 2.76. The minimum absolute atomic E-state index is 0.440. The highest BCUT2D eigenvalue weighted by Crippen LogP contribution is 2.02. The maximum Gasteiger partial charge on any atom is 0.213 e. The molecule has 1 aromatic heterocycles. The summed E-state index contributed by atoms with van der Waals surface area (Å²) >= 11 is 0. The van der Waals surface area contributed by atoms with Gasteiger partial charge in [-0.1, -0.05) is 5.16 Å². The Morgan fingerprint density at radius 2 is 2.50 bits per heavy atom. The van der Waals surface area contributed by atoms with Crippen LogP contribution in [-0.2, 0) is 6.42 Å². The Labute approximate surface area is 69.6 Å². The summed E-state index contributed by atoms with van der Waals surface area (Å²) in [6.45, 7) is 1.67. The first-order chi connectivity index (χ1) is 5.72. The van der Waals surface area contributed by atoms with E-state index in [9.17, 15) is 4.39 Å². The van der Waals surface area contributed by atoms with E-state index in [0.29, 0.717) is 12.1 Å². The first-order valence-corrected chi connectivity index (χ1v) is 3.50. The molecule has 0 saturated carbocycles. The minimum atomic E-state index is -0.516. The van der Waals surface area contributed by atoms with Gasteiger partial charge in [0, 0.05) is 12.6 Å². The minimum Gasteiger partial charge on any atom is -0.411 e. The molecule has 0 spiro atoms. The van der Waals surface area contributed by atoms with Gasteiger partial charge in [0.05, 0.1) is 5.71 Å². The second kappa shape index (κ2) is 3.80. The first kappa shape index (κ1) is 8.64. The van der Waals surface area contributed by atoms with Crippen LogP contribution in [0.5, 0.6) is 0 Å². The molecule has 0 unspecified atom stereocenters. The number of pyridine rings is 1. The zero-order valence-corrected chi connectivity index (χ0v) is 6.66. The molecule has 64 valence electrons. The summed E-state index contributed by atoms with van der Waals surface area (Å²) < 4.78 is 12.5. The number of hydrogen-bond acceptors (Lipinski definition) is 3. The summed E-state index contributed by atoms with van der Waals surface area (Å²) in [5, 5.41) is 11.3. The number of halogens is 1. The van der Waals surface area contributed by atoms with Crippen LogP contribution in [-0.4, -0.2) is 15.9 Å². The van der Waals surface area contributed by atoms with E-state index in [1.54, 1.807) is 13.0 Å². The molecule has 0 aromatic carbocycles. The Morgan fingerprint density at radius 3 is 3.08 bits per heavy atom. The van der Waals surface area contributed by atoms with Crippen molar-refractivity contribution >= 4 is 5.71 Å². The van der Waals surface area contributed by atoms with Crippen molar-refractivity contribution in [1.29, 1.82) is 0 Å². The van der Waals surface area contributed by atoms with Gasteiger partial charge in [0.25, 0.3) is 0 Å². The van der Waals surface area contributed by atoms with Gasteiger partial charge in [0.2, 0.25) is 5.95 Å². The fourth-order valence-corrected chi connectivity index (χ4v) is 0.883. The average molecular weight is 168 g/mol. The summed E-state index contributed by atoms with van der Waals surface area (Å²) in [6.07, 6.45) is 1.82. The molecule has 0 atom stereocenters. The molecular weight excluding hydrogens is 159 g/mol. The summed E-state index contributed by atoms with van der Waals surface area (Å²) in [6, 6.07) is 2.99. The molecule has 4 heteroatoms. The SMILES string of the molecule is C/C(Cc1ccnc(F)c1)=N\O. The van der Waals surface area contributed by atoms with Crippen LogP contribution < -0.4 is 0 Å². The standard InChI is InChI=1S/C8H9FN2O/c1-6(11-12)4-7-2-3-10-8(9)5-7/h2-3,5,12H,4H2,1H3/b11-6+. The number of aromatic nitrogens is 1. The van der Waals surface area contributed by atoms with Crippen LogP contribution in [0.3, 0.4) is 0 Å². The Bertz CT molecular complexity index is 299. The quantitative estimate of drug-likeness (QED) is 0.315.